The van der Waals surface area contributed by atoms with Gasteiger partial charge in [0.05, 0.1) is 13.2 Å². The van der Waals surface area contributed by atoms with E-state index in [0.717, 1.165) is 12.0 Å². The van der Waals surface area contributed by atoms with E-state index in [1.54, 1.807) is 12.1 Å². The van der Waals surface area contributed by atoms with E-state index in [2.05, 4.69) is 10.1 Å². The van der Waals surface area contributed by atoms with Crippen LogP contribution < -0.4 is 0 Å². The Labute approximate surface area is 132 Å². The molecule has 1 fully saturated rings. The van der Waals surface area contributed by atoms with Crippen LogP contribution in [0.4, 0.5) is 0 Å². The number of benzene rings is 1. The number of hydrogen-bond donors (Lipinski definition) is 0. The van der Waals surface area contributed by atoms with E-state index in [1.807, 2.05) is 12.1 Å². The quantitative estimate of drug-likeness (QED) is 0.639. The molecule has 0 spiro atoms. The summed E-state index contributed by atoms with van der Waals surface area (Å²) in [5.41, 5.74) is 0.810. The predicted molar refractivity (Wildman–Crippen MR) is 81.1 cm³/mol. The fraction of sp³-hybridized carbons (Fsp3) is 0.267. The van der Waals surface area contributed by atoms with Crippen LogP contribution in [0, 0.1) is 0 Å². The molecule has 2 aromatic rings. The second kappa shape index (κ2) is 6.72. The number of carbonyl (C=O) groups is 1. The second-order valence-electron chi connectivity index (χ2n) is 4.80. The fourth-order valence-corrected chi connectivity index (χ4v) is 2.24. The highest BCUT2D eigenvalue weighted by molar-refractivity contribution is 6.30. The lowest BCUT2D eigenvalue weighted by Crippen LogP contribution is -2.16. The van der Waals surface area contributed by atoms with Gasteiger partial charge >= 0.3 is 5.97 Å². The van der Waals surface area contributed by atoms with Gasteiger partial charge in [0.15, 0.2) is 5.82 Å². The van der Waals surface area contributed by atoms with Gasteiger partial charge in [-0.3, -0.25) is 0 Å². The third-order valence-corrected chi connectivity index (χ3v) is 3.36. The van der Waals surface area contributed by atoms with Crippen LogP contribution in [-0.2, 0) is 14.3 Å². The van der Waals surface area contributed by atoms with Crippen LogP contribution in [0.25, 0.3) is 17.6 Å². The SMILES string of the molecule is O=C(/C=C/n1cnc(-c2cccc(Cl)c2)n1)OC1CCOC1. The number of rotatable bonds is 4. The van der Waals surface area contributed by atoms with Gasteiger partial charge in [0.25, 0.3) is 0 Å². The molecule has 0 radical (unpaired) electrons. The molecule has 0 amide bonds. The van der Waals surface area contributed by atoms with Crippen LogP contribution in [-0.4, -0.2) is 40.1 Å². The van der Waals surface area contributed by atoms with E-state index in [0.29, 0.717) is 24.1 Å². The van der Waals surface area contributed by atoms with Crippen molar-refractivity contribution in [1.29, 1.82) is 0 Å². The summed E-state index contributed by atoms with van der Waals surface area (Å²) in [5, 5.41) is 4.87. The first kappa shape index (κ1) is 14.7. The maximum Gasteiger partial charge on any atom is 0.332 e. The first-order valence-corrected chi connectivity index (χ1v) is 7.22. The third-order valence-electron chi connectivity index (χ3n) is 3.13. The van der Waals surface area contributed by atoms with Crippen LogP contribution >= 0.6 is 11.6 Å². The number of esters is 1. The Morgan fingerprint density at radius 2 is 2.41 bits per heavy atom. The minimum atomic E-state index is -0.421. The second-order valence-corrected chi connectivity index (χ2v) is 5.23. The number of aromatic nitrogens is 3. The Hall–Kier alpha value is -2.18. The largest absolute Gasteiger partial charge is 0.457 e. The minimum absolute atomic E-state index is 0.157. The van der Waals surface area contributed by atoms with Crippen molar-refractivity contribution in [2.24, 2.45) is 0 Å². The van der Waals surface area contributed by atoms with Gasteiger partial charge in [0, 0.05) is 29.3 Å². The third kappa shape index (κ3) is 3.72. The van der Waals surface area contributed by atoms with E-state index in [9.17, 15) is 4.79 Å². The molecule has 0 bridgehead atoms. The lowest BCUT2D eigenvalue weighted by atomic mass is 10.2. The highest BCUT2D eigenvalue weighted by atomic mass is 35.5. The minimum Gasteiger partial charge on any atom is -0.457 e. The maximum atomic E-state index is 11.7. The number of ether oxygens (including phenoxy) is 2. The summed E-state index contributed by atoms with van der Waals surface area (Å²) in [4.78, 5) is 15.8. The maximum absolute atomic E-state index is 11.7. The highest BCUT2D eigenvalue weighted by Crippen LogP contribution is 2.18. The average Bonchev–Trinajstić information content (AvgIpc) is 3.16. The molecule has 1 aliphatic heterocycles. The topological polar surface area (TPSA) is 66.2 Å². The Balaban J connectivity index is 1.63. The van der Waals surface area contributed by atoms with Gasteiger partial charge in [0.2, 0.25) is 0 Å². The summed E-state index contributed by atoms with van der Waals surface area (Å²) in [6.07, 6.45) is 4.91. The van der Waals surface area contributed by atoms with E-state index in [1.165, 1.54) is 23.3 Å². The molecule has 1 unspecified atom stereocenters. The van der Waals surface area contributed by atoms with Crippen LogP contribution in [0.3, 0.4) is 0 Å². The van der Waals surface area contributed by atoms with Gasteiger partial charge in [-0.1, -0.05) is 23.7 Å². The average molecular weight is 320 g/mol. The number of carbonyl (C=O) groups excluding carboxylic acids is 1. The molecule has 6 nitrogen and oxygen atoms in total. The van der Waals surface area contributed by atoms with E-state index in [-0.39, 0.29) is 6.10 Å². The molecule has 1 atom stereocenters. The molecule has 0 N–H and O–H groups in total. The molecule has 114 valence electrons. The van der Waals surface area contributed by atoms with Gasteiger partial charge < -0.3 is 9.47 Å². The Kier molecular flexibility index (Phi) is 4.50. The summed E-state index contributed by atoms with van der Waals surface area (Å²) in [6.45, 7) is 1.09. The van der Waals surface area contributed by atoms with Crippen LogP contribution in [0.5, 0.6) is 0 Å². The zero-order chi connectivity index (χ0) is 15.4. The van der Waals surface area contributed by atoms with Crippen LogP contribution in [0.2, 0.25) is 5.02 Å². The molecule has 2 heterocycles. The molecule has 0 saturated carbocycles. The summed E-state index contributed by atoms with van der Waals surface area (Å²) in [6, 6.07) is 7.25. The smallest absolute Gasteiger partial charge is 0.332 e. The van der Waals surface area contributed by atoms with E-state index < -0.39 is 5.97 Å². The zero-order valence-electron chi connectivity index (χ0n) is 11.7. The van der Waals surface area contributed by atoms with Crippen molar-refractivity contribution in [3.63, 3.8) is 0 Å². The van der Waals surface area contributed by atoms with Crippen molar-refractivity contribution in [1.82, 2.24) is 14.8 Å². The zero-order valence-corrected chi connectivity index (χ0v) is 12.4. The Morgan fingerprint density at radius 1 is 1.50 bits per heavy atom. The molecular formula is C15H14ClN3O3. The van der Waals surface area contributed by atoms with Crippen molar-refractivity contribution >= 4 is 23.8 Å². The standard InChI is InChI=1S/C15H14ClN3O3/c16-12-3-1-2-11(8-12)15-17-10-19(18-15)6-4-14(20)22-13-5-7-21-9-13/h1-4,6,8,10,13H,5,7,9H2/b6-4+. The van der Waals surface area contributed by atoms with Gasteiger partial charge in [-0.15, -0.1) is 5.10 Å². The van der Waals surface area contributed by atoms with Crippen molar-refractivity contribution in [2.75, 3.05) is 13.2 Å². The number of hydrogen-bond acceptors (Lipinski definition) is 5. The fourth-order valence-electron chi connectivity index (χ4n) is 2.05. The van der Waals surface area contributed by atoms with Gasteiger partial charge in [-0.2, -0.15) is 0 Å². The van der Waals surface area contributed by atoms with Crippen molar-refractivity contribution in [3.8, 4) is 11.4 Å². The molecule has 1 aromatic heterocycles. The molecule has 1 saturated heterocycles. The summed E-state index contributed by atoms with van der Waals surface area (Å²) >= 11 is 5.94. The summed E-state index contributed by atoms with van der Waals surface area (Å²) < 4.78 is 11.8. The molecule has 3 rings (SSSR count). The first-order chi connectivity index (χ1) is 10.7. The molecule has 22 heavy (non-hydrogen) atoms. The van der Waals surface area contributed by atoms with Gasteiger partial charge in [0.1, 0.15) is 12.4 Å². The van der Waals surface area contributed by atoms with Crippen LogP contribution in [0.15, 0.2) is 36.7 Å². The Bertz CT molecular complexity index is 693. The molecule has 7 heteroatoms. The Morgan fingerprint density at radius 3 is 3.18 bits per heavy atom. The first-order valence-electron chi connectivity index (χ1n) is 6.84. The molecule has 0 aliphatic carbocycles. The van der Waals surface area contributed by atoms with Gasteiger partial charge in [-0.25, -0.2) is 14.5 Å². The lowest BCUT2D eigenvalue weighted by Gasteiger charge is -2.06. The predicted octanol–water partition coefficient (Wildman–Crippen LogP) is 2.40. The van der Waals surface area contributed by atoms with Crippen molar-refractivity contribution < 1.29 is 14.3 Å². The summed E-state index contributed by atoms with van der Waals surface area (Å²) in [5.74, 6) is 0.111. The highest BCUT2D eigenvalue weighted by Gasteiger charge is 2.18. The monoisotopic (exact) mass is 319 g/mol. The summed E-state index contributed by atoms with van der Waals surface area (Å²) in [7, 11) is 0. The van der Waals surface area contributed by atoms with Crippen molar-refractivity contribution in [2.45, 2.75) is 12.5 Å². The molecular weight excluding hydrogens is 306 g/mol. The normalized spacial score (nSPS) is 18.0. The van der Waals surface area contributed by atoms with E-state index >= 15 is 0 Å². The van der Waals surface area contributed by atoms with Gasteiger partial charge in [-0.05, 0) is 12.1 Å². The van der Waals surface area contributed by atoms with Crippen molar-refractivity contribution in [3.05, 3.63) is 41.7 Å². The lowest BCUT2D eigenvalue weighted by molar-refractivity contribution is -0.142. The van der Waals surface area contributed by atoms with Crippen LogP contribution in [0.1, 0.15) is 6.42 Å². The molecule has 1 aliphatic rings. The number of nitrogens with zero attached hydrogens (tertiary/aromatic N) is 3. The number of halogens is 1. The molecule has 1 aromatic carbocycles. The van der Waals surface area contributed by atoms with E-state index in [4.69, 9.17) is 21.1 Å².